The lowest BCUT2D eigenvalue weighted by Crippen LogP contribution is -2.14. The summed E-state index contributed by atoms with van der Waals surface area (Å²) in [6.07, 6.45) is 1.44. The van der Waals surface area contributed by atoms with E-state index in [2.05, 4.69) is 15.2 Å². The summed E-state index contributed by atoms with van der Waals surface area (Å²) >= 11 is 0. The van der Waals surface area contributed by atoms with E-state index in [0.717, 1.165) is 10.9 Å². The van der Waals surface area contributed by atoms with Crippen molar-refractivity contribution in [1.82, 2.24) is 4.98 Å². The van der Waals surface area contributed by atoms with Crippen LogP contribution >= 0.6 is 0 Å². The third-order valence-corrected chi connectivity index (χ3v) is 3.08. The maximum Gasteiger partial charge on any atom is 0.172 e. The first-order chi connectivity index (χ1) is 10.7. The Balaban J connectivity index is 1.83. The lowest BCUT2D eigenvalue weighted by atomic mass is 10.2. The average molecular weight is 292 g/mol. The quantitative estimate of drug-likeness (QED) is 0.458. The van der Waals surface area contributed by atoms with Crippen LogP contribution in [0, 0.1) is 5.82 Å². The second-order valence-corrected chi connectivity index (χ2v) is 4.67. The van der Waals surface area contributed by atoms with Crippen molar-refractivity contribution in [3.8, 4) is 0 Å². The summed E-state index contributed by atoms with van der Waals surface area (Å²) in [5, 5.41) is 8.81. The molecule has 0 aliphatic rings. The monoisotopic (exact) mass is 292 g/mol. The number of nitrogens with two attached hydrogens (primary N) is 1. The normalized spacial score (nSPS) is 12.1. The summed E-state index contributed by atoms with van der Waals surface area (Å²) in [6, 6.07) is 17.5. The van der Waals surface area contributed by atoms with Crippen LogP contribution in [-0.2, 0) is 0 Å². The highest BCUT2D eigenvalue weighted by atomic mass is 19.1. The van der Waals surface area contributed by atoms with Crippen LogP contribution in [0.3, 0.4) is 0 Å². The molecule has 2 aromatic carbocycles. The van der Waals surface area contributed by atoms with Crippen molar-refractivity contribution >= 4 is 23.0 Å². The van der Waals surface area contributed by atoms with E-state index < -0.39 is 0 Å². The standard InChI is InChI=1S/C17H13FN4/c18-14-6-3-4-12(10-14)11-20-22-17(19)16-9-8-13-5-1-2-7-15(13)21-16/h1-11H,(H2,19,22)/b20-11+. The van der Waals surface area contributed by atoms with Crippen LogP contribution in [0.4, 0.5) is 4.39 Å². The summed E-state index contributed by atoms with van der Waals surface area (Å²) in [5.41, 5.74) is 7.88. The van der Waals surface area contributed by atoms with Gasteiger partial charge in [-0.15, -0.1) is 5.10 Å². The SMILES string of the molecule is N/C(=N\N=C\c1cccc(F)c1)c1ccc2ccccc2n1. The topological polar surface area (TPSA) is 63.6 Å². The number of benzene rings is 2. The molecule has 1 aromatic heterocycles. The molecule has 0 fully saturated rings. The van der Waals surface area contributed by atoms with E-state index in [1.54, 1.807) is 18.2 Å². The largest absolute Gasteiger partial charge is 0.380 e. The van der Waals surface area contributed by atoms with Gasteiger partial charge in [-0.1, -0.05) is 36.4 Å². The Labute approximate surface area is 126 Å². The molecule has 0 atom stereocenters. The molecule has 0 spiro atoms. The summed E-state index contributed by atoms with van der Waals surface area (Å²) in [4.78, 5) is 4.43. The molecule has 0 saturated heterocycles. The van der Waals surface area contributed by atoms with Gasteiger partial charge in [0.2, 0.25) is 0 Å². The van der Waals surface area contributed by atoms with Gasteiger partial charge in [0.1, 0.15) is 11.5 Å². The van der Waals surface area contributed by atoms with Crippen molar-refractivity contribution in [3.63, 3.8) is 0 Å². The van der Waals surface area contributed by atoms with Crippen molar-refractivity contribution in [2.24, 2.45) is 15.9 Å². The Kier molecular flexibility index (Phi) is 3.87. The number of rotatable bonds is 3. The van der Waals surface area contributed by atoms with Gasteiger partial charge >= 0.3 is 0 Å². The van der Waals surface area contributed by atoms with Gasteiger partial charge in [-0.25, -0.2) is 9.37 Å². The molecule has 3 rings (SSSR count). The molecule has 22 heavy (non-hydrogen) atoms. The number of pyridine rings is 1. The fourth-order valence-corrected chi connectivity index (χ4v) is 2.00. The van der Waals surface area contributed by atoms with Crippen LogP contribution in [-0.4, -0.2) is 17.0 Å². The summed E-state index contributed by atoms with van der Waals surface area (Å²) in [7, 11) is 0. The minimum atomic E-state index is -0.322. The third-order valence-electron chi connectivity index (χ3n) is 3.08. The Morgan fingerprint density at radius 1 is 1.05 bits per heavy atom. The van der Waals surface area contributed by atoms with Gasteiger partial charge in [-0.3, -0.25) is 0 Å². The van der Waals surface area contributed by atoms with E-state index in [0.29, 0.717) is 11.3 Å². The summed E-state index contributed by atoms with van der Waals surface area (Å²) in [5.74, 6) is -0.115. The summed E-state index contributed by atoms with van der Waals surface area (Å²) in [6.45, 7) is 0. The van der Waals surface area contributed by atoms with Crippen molar-refractivity contribution in [2.75, 3.05) is 0 Å². The molecular weight excluding hydrogens is 279 g/mol. The zero-order valence-electron chi connectivity index (χ0n) is 11.6. The fourth-order valence-electron chi connectivity index (χ4n) is 2.00. The first-order valence-electron chi connectivity index (χ1n) is 6.70. The molecule has 0 saturated carbocycles. The molecule has 0 radical (unpaired) electrons. The van der Waals surface area contributed by atoms with E-state index in [1.165, 1.54) is 18.3 Å². The van der Waals surface area contributed by atoms with Crippen molar-refractivity contribution in [1.29, 1.82) is 0 Å². The minimum absolute atomic E-state index is 0.207. The molecule has 0 aliphatic carbocycles. The van der Waals surface area contributed by atoms with Crippen LogP contribution < -0.4 is 5.73 Å². The first kappa shape index (κ1) is 13.9. The van der Waals surface area contributed by atoms with Crippen LogP contribution in [0.2, 0.25) is 0 Å². The maximum absolute atomic E-state index is 13.0. The van der Waals surface area contributed by atoms with Crippen LogP contribution in [0.25, 0.3) is 10.9 Å². The number of hydrogen-bond donors (Lipinski definition) is 1. The Morgan fingerprint density at radius 2 is 1.91 bits per heavy atom. The van der Waals surface area contributed by atoms with Gasteiger partial charge in [0, 0.05) is 5.39 Å². The van der Waals surface area contributed by atoms with Gasteiger partial charge in [0.15, 0.2) is 5.84 Å². The Bertz CT molecular complexity index is 871. The smallest absolute Gasteiger partial charge is 0.172 e. The Hall–Kier alpha value is -3.08. The average Bonchev–Trinajstić information content (AvgIpc) is 2.54. The van der Waals surface area contributed by atoms with E-state index in [1.807, 2.05) is 30.3 Å². The number of nitrogens with zero attached hydrogens (tertiary/aromatic N) is 3. The molecule has 0 aliphatic heterocycles. The highest BCUT2D eigenvalue weighted by Crippen LogP contribution is 2.11. The van der Waals surface area contributed by atoms with Crippen molar-refractivity contribution in [3.05, 3.63) is 77.7 Å². The predicted molar refractivity (Wildman–Crippen MR) is 86.5 cm³/mol. The number of fused-ring (bicyclic) bond motifs is 1. The molecule has 1 heterocycles. The molecule has 2 N–H and O–H groups in total. The van der Waals surface area contributed by atoms with Crippen LogP contribution in [0.15, 0.2) is 70.9 Å². The van der Waals surface area contributed by atoms with Gasteiger partial charge < -0.3 is 5.73 Å². The fraction of sp³-hybridized carbons (Fsp3) is 0. The highest BCUT2D eigenvalue weighted by molar-refractivity contribution is 5.98. The van der Waals surface area contributed by atoms with E-state index in [9.17, 15) is 4.39 Å². The number of halogens is 1. The number of para-hydroxylation sites is 1. The summed E-state index contributed by atoms with van der Waals surface area (Å²) < 4.78 is 13.0. The molecule has 4 nitrogen and oxygen atoms in total. The van der Waals surface area contributed by atoms with E-state index in [4.69, 9.17) is 5.73 Å². The van der Waals surface area contributed by atoms with Gasteiger partial charge in [0.25, 0.3) is 0 Å². The van der Waals surface area contributed by atoms with E-state index in [-0.39, 0.29) is 11.7 Å². The molecule has 108 valence electrons. The second-order valence-electron chi connectivity index (χ2n) is 4.67. The van der Waals surface area contributed by atoms with Crippen LogP contribution in [0.1, 0.15) is 11.3 Å². The highest BCUT2D eigenvalue weighted by Gasteiger charge is 2.01. The Morgan fingerprint density at radius 3 is 2.77 bits per heavy atom. The molecule has 0 amide bonds. The van der Waals surface area contributed by atoms with Crippen molar-refractivity contribution in [2.45, 2.75) is 0 Å². The number of amidine groups is 1. The third kappa shape index (κ3) is 3.15. The van der Waals surface area contributed by atoms with Crippen molar-refractivity contribution < 1.29 is 4.39 Å². The first-order valence-corrected chi connectivity index (χ1v) is 6.70. The lowest BCUT2D eigenvalue weighted by molar-refractivity contribution is 0.627. The number of aromatic nitrogens is 1. The molecule has 0 unspecified atom stereocenters. The van der Waals surface area contributed by atoms with Crippen LogP contribution in [0.5, 0.6) is 0 Å². The second kappa shape index (κ2) is 6.13. The maximum atomic E-state index is 13.0. The predicted octanol–water partition coefficient (Wildman–Crippen LogP) is 3.11. The molecule has 3 aromatic rings. The minimum Gasteiger partial charge on any atom is -0.380 e. The zero-order valence-corrected chi connectivity index (χ0v) is 11.6. The molecule has 5 heteroatoms. The van der Waals surface area contributed by atoms with Gasteiger partial charge in [-0.05, 0) is 29.8 Å². The number of hydrogen-bond acceptors (Lipinski definition) is 3. The molecule has 0 bridgehead atoms. The lowest BCUT2D eigenvalue weighted by Gasteiger charge is -2.00. The van der Waals surface area contributed by atoms with Gasteiger partial charge in [-0.2, -0.15) is 5.10 Å². The van der Waals surface area contributed by atoms with Gasteiger partial charge in [0.05, 0.1) is 11.7 Å². The molecular formula is C17H13FN4. The zero-order chi connectivity index (χ0) is 15.4. The van der Waals surface area contributed by atoms with E-state index >= 15 is 0 Å².